The summed E-state index contributed by atoms with van der Waals surface area (Å²) in [5.74, 6) is -0.282. The van der Waals surface area contributed by atoms with Crippen LogP contribution in [0.5, 0.6) is 0 Å². The van der Waals surface area contributed by atoms with E-state index in [1.807, 2.05) is 0 Å². The van der Waals surface area contributed by atoms with Crippen LogP contribution in [0, 0.1) is 11.8 Å². The Bertz CT molecular complexity index is 460. The highest BCUT2D eigenvalue weighted by atomic mass is 16.2. The lowest BCUT2D eigenvalue weighted by Gasteiger charge is -2.13. The molecule has 2 heterocycles. The molecule has 1 fully saturated rings. The van der Waals surface area contributed by atoms with Crippen molar-refractivity contribution in [3.05, 3.63) is 11.8 Å². The van der Waals surface area contributed by atoms with Gasteiger partial charge in [-0.15, -0.1) is 0 Å². The molecule has 92 valence electrons. The number of nitrogen functional groups attached to an aromatic ring is 1. The van der Waals surface area contributed by atoms with Gasteiger partial charge < -0.3 is 5.73 Å². The monoisotopic (exact) mass is 236 g/mol. The van der Waals surface area contributed by atoms with Gasteiger partial charge in [-0.2, -0.15) is 5.10 Å². The minimum atomic E-state index is -0.250. The van der Waals surface area contributed by atoms with Gasteiger partial charge in [-0.3, -0.25) is 19.2 Å². The molecule has 6 heteroatoms. The summed E-state index contributed by atoms with van der Waals surface area (Å²) >= 11 is 0. The Morgan fingerprint density at radius 1 is 1.29 bits per heavy atom. The highest BCUT2D eigenvalue weighted by molar-refractivity contribution is 6.04. The van der Waals surface area contributed by atoms with E-state index in [1.54, 1.807) is 27.1 Å². The first-order valence-electron chi connectivity index (χ1n) is 5.55. The zero-order valence-corrected chi connectivity index (χ0v) is 10.2. The van der Waals surface area contributed by atoms with Gasteiger partial charge in [-0.1, -0.05) is 13.8 Å². The molecule has 1 aromatic rings. The van der Waals surface area contributed by atoms with Gasteiger partial charge >= 0.3 is 0 Å². The number of aromatic nitrogens is 2. The number of nitrogens with two attached hydrogens (primary N) is 1. The van der Waals surface area contributed by atoms with Crippen molar-refractivity contribution in [1.29, 1.82) is 0 Å². The normalized spacial score (nSPS) is 24.8. The largest absolute Gasteiger partial charge is 0.384 e. The summed E-state index contributed by atoms with van der Waals surface area (Å²) in [6, 6.07) is 0. The van der Waals surface area contributed by atoms with Crippen LogP contribution in [-0.2, 0) is 23.2 Å². The number of carbonyl (C=O) groups excluding carboxylic acids is 2. The second-order valence-corrected chi connectivity index (χ2v) is 4.52. The van der Waals surface area contributed by atoms with Crippen LogP contribution in [0.1, 0.15) is 19.4 Å². The lowest BCUT2D eigenvalue weighted by molar-refractivity contribution is -0.140. The number of likely N-dealkylation sites (tertiary alicyclic amines) is 1. The molecular weight excluding hydrogens is 220 g/mol. The fourth-order valence-electron chi connectivity index (χ4n) is 1.97. The zero-order valence-electron chi connectivity index (χ0n) is 10.2. The Morgan fingerprint density at radius 2 is 1.82 bits per heavy atom. The quantitative estimate of drug-likeness (QED) is 0.741. The Kier molecular flexibility index (Phi) is 2.65. The highest BCUT2D eigenvalue weighted by Crippen LogP contribution is 2.27. The highest BCUT2D eigenvalue weighted by Gasteiger charge is 2.42. The number of hydrogen-bond donors (Lipinski definition) is 1. The van der Waals surface area contributed by atoms with E-state index in [2.05, 4.69) is 5.10 Å². The van der Waals surface area contributed by atoms with Crippen LogP contribution in [0.3, 0.4) is 0 Å². The van der Waals surface area contributed by atoms with Crippen molar-refractivity contribution in [3.63, 3.8) is 0 Å². The molecule has 2 atom stereocenters. The molecule has 1 aromatic heterocycles. The summed E-state index contributed by atoms with van der Waals surface area (Å²) < 4.78 is 1.52. The van der Waals surface area contributed by atoms with Crippen LogP contribution in [0.25, 0.3) is 0 Å². The Hall–Kier alpha value is -1.85. The SMILES string of the molecule is CC1C(=O)N(Cc2cnn(C)c2N)C(=O)C1C. The predicted molar refractivity (Wildman–Crippen MR) is 61.5 cm³/mol. The summed E-state index contributed by atoms with van der Waals surface area (Å²) in [5, 5.41) is 3.99. The van der Waals surface area contributed by atoms with Crippen molar-refractivity contribution in [3.8, 4) is 0 Å². The summed E-state index contributed by atoms with van der Waals surface area (Å²) in [6.45, 7) is 3.76. The van der Waals surface area contributed by atoms with Gasteiger partial charge in [-0.05, 0) is 0 Å². The second-order valence-electron chi connectivity index (χ2n) is 4.52. The molecule has 0 spiro atoms. The van der Waals surface area contributed by atoms with E-state index in [4.69, 9.17) is 5.73 Å². The molecule has 1 saturated heterocycles. The fraction of sp³-hybridized carbons (Fsp3) is 0.545. The molecule has 0 aliphatic carbocycles. The standard InChI is InChI=1S/C11H16N4O2/c1-6-7(2)11(17)15(10(6)16)5-8-4-13-14(3)9(8)12/h4,6-7H,5,12H2,1-3H3. The number of anilines is 1. The first-order chi connectivity index (χ1) is 7.93. The number of nitrogens with zero attached hydrogens (tertiary/aromatic N) is 3. The first kappa shape index (κ1) is 11.6. The molecule has 1 aliphatic heterocycles. The predicted octanol–water partition coefficient (Wildman–Crippen LogP) is 0.143. The molecule has 2 amide bonds. The average molecular weight is 236 g/mol. The van der Waals surface area contributed by atoms with Gasteiger partial charge in [0.15, 0.2) is 0 Å². The van der Waals surface area contributed by atoms with Gasteiger partial charge in [0.05, 0.1) is 12.7 Å². The summed E-state index contributed by atoms with van der Waals surface area (Å²) in [5.41, 5.74) is 6.50. The van der Waals surface area contributed by atoms with E-state index >= 15 is 0 Å². The maximum Gasteiger partial charge on any atom is 0.233 e. The maximum absolute atomic E-state index is 11.9. The number of amides is 2. The second kappa shape index (κ2) is 3.87. The molecule has 0 saturated carbocycles. The summed E-state index contributed by atoms with van der Waals surface area (Å²) in [6.07, 6.45) is 1.59. The zero-order chi connectivity index (χ0) is 12.7. The van der Waals surface area contributed by atoms with Crippen molar-refractivity contribution in [2.45, 2.75) is 20.4 Å². The van der Waals surface area contributed by atoms with E-state index in [0.29, 0.717) is 11.4 Å². The number of rotatable bonds is 2. The fourth-order valence-corrected chi connectivity index (χ4v) is 1.97. The minimum absolute atomic E-state index is 0.134. The van der Waals surface area contributed by atoms with E-state index < -0.39 is 0 Å². The number of imide groups is 1. The van der Waals surface area contributed by atoms with E-state index in [9.17, 15) is 9.59 Å². The molecule has 1 aliphatic rings. The van der Waals surface area contributed by atoms with Crippen molar-refractivity contribution < 1.29 is 9.59 Å². The average Bonchev–Trinajstić information content (AvgIpc) is 2.71. The van der Waals surface area contributed by atoms with Crippen molar-refractivity contribution in [2.24, 2.45) is 18.9 Å². The van der Waals surface area contributed by atoms with Crippen LogP contribution >= 0.6 is 0 Å². The van der Waals surface area contributed by atoms with Crippen LogP contribution in [-0.4, -0.2) is 26.5 Å². The molecule has 2 rings (SSSR count). The summed E-state index contributed by atoms with van der Waals surface area (Å²) in [4.78, 5) is 25.0. The third kappa shape index (κ3) is 1.69. The van der Waals surface area contributed by atoms with Crippen LogP contribution in [0.4, 0.5) is 5.82 Å². The third-order valence-electron chi connectivity index (χ3n) is 3.45. The van der Waals surface area contributed by atoms with Gasteiger partial charge in [0.25, 0.3) is 0 Å². The van der Waals surface area contributed by atoms with E-state index in [0.717, 1.165) is 0 Å². The number of carbonyl (C=O) groups is 2. The molecular formula is C11H16N4O2. The van der Waals surface area contributed by atoms with Gasteiger partial charge in [0, 0.05) is 24.4 Å². The van der Waals surface area contributed by atoms with Crippen LogP contribution in [0.2, 0.25) is 0 Å². The van der Waals surface area contributed by atoms with Crippen molar-refractivity contribution in [2.75, 3.05) is 5.73 Å². The first-order valence-corrected chi connectivity index (χ1v) is 5.55. The van der Waals surface area contributed by atoms with Crippen molar-refractivity contribution >= 4 is 17.6 Å². The minimum Gasteiger partial charge on any atom is -0.384 e. The van der Waals surface area contributed by atoms with E-state index in [1.165, 1.54) is 9.58 Å². The lowest BCUT2D eigenvalue weighted by Crippen LogP contribution is -2.30. The molecule has 0 radical (unpaired) electrons. The van der Waals surface area contributed by atoms with Gasteiger partial charge in [0.1, 0.15) is 5.82 Å². The van der Waals surface area contributed by atoms with Gasteiger partial charge in [-0.25, -0.2) is 0 Å². The molecule has 2 N–H and O–H groups in total. The van der Waals surface area contributed by atoms with Gasteiger partial charge in [0.2, 0.25) is 11.8 Å². The molecule has 17 heavy (non-hydrogen) atoms. The molecule has 0 aromatic carbocycles. The Balaban J connectivity index is 2.23. The molecule has 0 bridgehead atoms. The topological polar surface area (TPSA) is 81.2 Å². The molecule has 2 unspecified atom stereocenters. The van der Waals surface area contributed by atoms with E-state index in [-0.39, 0.29) is 30.2 Å². The third-order valence-corrected chi connectivity index (χ3v) is 3.45. The summed E-state index contributed by atoms with van der Waals surface area (Å²) in [7, 11) is 1.72. The Morgan fingerprint density at radius 3 is 2.24 bits per heavy atom. The number of hydrogen-bond acceptors (Lipinski definition) is 4. The lowest BCUT2D eigenvalue weighted by atomic mass is 10.00. The molecule has 6 nitrogen and oxygen atoms in total. The van der Waals surface area contributed by atoms with Crippen LogP contribution in [0.15, 0.2) is 6.20 Å². The number of aryl methyl sites for hydroxylation is 1. The Labute approximate surface area is 99.4 Å². The maximum atomic E-state index is 11.9. The van der Waals surface area contributed by atoms with Crippen molar-refractivity contribution in [1.82, 2.24) is 14.7 Å². The van der Waals surface area contributed by atoms with Crippen LogP contribution < -0.4 is 5.73 Å². The smallest absolute Gasteiger partial charge is 0.233 e.